The second-order valence-corrected chi connectivity index (χ2v) is 9.64. The summed E-state index contributed by atoms with van der Waals surface area (Å²) in [5.74, 6) is 0. The molecule has 3 atom stereocenters. The molecule has 8 heteroatoms. The second kappa shape index (κ2) is 14.0. The molecular weight excluding hydrogens is 480 g/mol. The molecule has 1 aliphatic heterocycles. The van der Waals surface area contributed by atoms with Crippen molar-refractivity contribution in [1.29, 1.82) is 0 Å². The van der Waals surface area contributed by atoms with Gasteiger partial charge in [0.15, 0.2) is 6.29 Å². The highest BCUT2D eigenvalue weighted by molar-refractivity contribution is 5.73. The fraction of sp³-hybridized carbons (Fsp3) is 0.400. The summed E-state index contributed by atoms with van der Waals surface area (Å²) in [4.78, 5) is 18.4. The highest BCUT2D eigenvalue weighted by Crippen LogP contribution is 2.38. The summed E-state index contributed by atoms with van der Waals surface area (Å²) < 4.78 is 12.9. The number of aromatic nitrogens is 1. The third-order valence-corrected chi connectivity index (χ3v) is 6.65. The van der Waals surface area contributed by atoms with Crippen LogP contribution in [0.3, 0.4) is 0 Å². The molecule has 2 aromatic carbocycles. The Kier molecular flexibility index (Phi) is 10.2. The molecule has 3 aromatic rings. The average Bonchev–Trinajstić information content (AvgIpc) is 2.96. The van der Waals surface area contributed by atoms with Gasteiger partial charge in [0.2, 0.25) is 0 Å². The van der Waals surface area contributed by atoms with Gasteiger partial charge in [-0.05, 0) is 42.8 Å². The maximum Gasteiger partial charge on any atom is 0.315 e. The summed E-state index contributed by atoms with van der Waals surface area (Å²) in [5.41, 5.74) is 4.95. The number of hydrogen-bond acceptors (Lipinski definition) is 6. The topological polar surface area (TPSA) is 96.0 Å². The Labute approximate surface area is 225 Å². The van der Waals surface area contributed by atoms with Gasteiger partial charge in [-0.3, -0.25) is 4.98 Å². The van der Waals surface area contributed by atoms with Gasteiger partial charge in [-0.25, -0.2) is 4.79 Å². The Hall–Kier alpha value is -3.30. The summed E-state index contributed by atoms with van der Waals surface area (Å²) in [6.07, 6.45) is 2.78. The normalized spacial score (nSPS) is 19.3. The SMILES string of the molecule is CCNC(=O)NCc1ccc(C2OC(CN(C)CCc3ccccn3)CC(c3ccc(CO)cc3)O2)cc1. The highest BCUT2D eigenvalue weighted by Gasteiger charge is 2.32. The maximum absolute atomic E-state index is 11.7. The largest absolute Gasteiger partial charge is 0.392 e. The number of likely N-dealkylation sites (N-methyl/N-ethyl adjacent to an activating group) is 1. The lowest BCUT2D eigenvalue weighted by Crippen LogP contribution is -2.38. The molecule has 3 N–H and O–H groups in total. The van der Waals surface area contributed by atoms with Crippen LogP contribution in [0.1, 0.15) is 53.7 Å². The van der Waals surface area contributed by atoms with Gasteiger partial charge in [0.25, 0.3) is 0 Å². The van der Waals surface area contributed by atoms with Crippen molar-refractivity contribution in [2.75, 3.05) is 26.7 Å². The van der Waals surface area contributed by atoms with Crippen LogP contribution in [-0.4, -0.2) is 53.8 Å². The molecular formula is C30H38N4O4. The van der Waals surface area contributed by atoms with E-state index < -0.39 is 6.29 Å². The zero-order valence-corrected chi connectivity index (χ0v) is 22.2. The van der Waals surface area contributed by atoms with Gasteiger partial charge in [0, 0.05) is 56.5 Å². The van der Waals surface area contributed by atoms with Crippen molar-refractivity contribution in [3.05, 3.63) is 101 Å². The van der Waals surface area contributed by atoms with Gasteiger partial charge in [-0.15, -0.1) is 0 Å². The number of hydrogen-bond donors (Lipinski definition) is 3. The van der Waals surface area contributed by atoms with Gasteiger partial charge < -0.3 is 30.1 Å². The minimum absolute atomic E-state index is 0.0164. The number of carbonyl (C=O) groups excluding carboxylic acids is 1. The van der Waals surface area contributed by atoms with Crippen LogP contribution >= 0.6 is 0 Å². The van der Waals surface area contributed by atoms with Crippen molar-refractivity contribution < 1.29 is 19.4 Å². The molecule has 202 valence electrons. The minimum Gasteiger partial charge on any atom is -0.392 e. The number of aliphatic hydroxyl groups is 1. The van der Waals surface area contributed by atoms with Crippen molar-refractivity contribution in [2.24, 2.45) is 0 Å². The molecule has 0 radical (unpaired) electrons. The number of amides is 2. The van der Waals surface area contributed by atoms with E-state index in [9.17, 15) is 9.90 Å². The molecule has 1 fully saturated rings. The average molecular weight is 519 g/mol. The van der Waals surface area contributed by atoms with Crippen LogP contribution in [0.25, 0.3) is 0 Å². The lowest BCUT2D eigenvalue weighted by atomic mass is 9.99. The van der Waals surface area contributed by atoms with E-state index in [0.29, 0.717) is 13.1 Å². The molecule has 0 bridgehead atoms. The molecule has 3 unspecified atom stereocenters. The molecule has 0 aliphatic carbocycles. The van der Waals surface area contributed by atoms with Gasteiger partial charge in [0.05, 0.1) is 18.8 Å². The minimum atomic E-state index is -0.508. The van der Waals surface area contributed by atoms with Gasteiger partial charge in [-0.1, -0.05) is 54.6 Å². The van der Waals surface area contributed by atoms with Crippen LogP contribution < -0.4 is 10.6 Å². The number of benzene rings is 2. The zero-order valence-electron chi connectivity index (χ0n) is 22.2. The summed E-state index contributed by atoms with van der Waals surface area (Å²) in [6, 6.07) is 21.7. The van der Waals surface area contributed by atoms with Crippen LogP contribution in [0, 0.1) is 0 Å². The van der Waals surface area contributed by atoms with E-state index in [-0.39, 0.29) is 24.8 Å². The molecule has 4 rings (SSSR count). The molecule has 2 amide bonds. The molecule has 8 nitrogen and oxygen atoms in total. The number of urea groups is 1. The lowest BCUT2D eigenvalue weighted by molar-refractivity contribution is -0.252. The molecule has 2 heterocycles. The van der Waals surface area contributed by atoms with Gasteiger partial charge >= 0.3 is 6.03 Å². The number of ether oxygens (including phenoxy) is 2. The van der Waals surface area contributed by atoms with Crippen LogP contribution in [0.15, 0.2) is 72.9 Å². The maximum atomic E-state index is 11.7. The van der Waals surface area contributed by atoms with Crippen molar-refractivity contribution in [3.8, 4) is 0 Å². The lowest BCUT2D eigenvalue weighted by Gasteiger charge is -2.38. The second-order valence-electron chi connectivity index (χ2n) is 9.64. The molecule has 1 saturated heterocycles. The van der Waals surface area contributed by atoms with Crippen LogP contribution in [0.4, 0.5) is 4.79 Å². The third kappa shape index (κ3) is 8.10. The summed E-state index contributed by atoms with van der Waals surface area (Å²) >= 11 is 0. The first-order chi connectivity index (χ1) is 18.5. The van der Waals surface area contributed by atoms with E-state index in [4.69, 9.17) is 9.47 Å². The van der Waals surface area contributed by atoms with E-state index in [1.807, 2.05) is 73.8 Å². The first kappa shape index (κ1) is 27.7. The van der Waals surface area contributed by atoms with Crippen molar-refractivity contribution in [2.45, 2.75) is 51.4 Å². The predicted molar refractivity (Wildman–Crippen MR) is 146 cm³/mol. The first-order valence-corrected chi connectivity index (χ1v) is 13.2. The Bertz CT molecular complexity index is 1130. The quantitative estimate of drug-likeness (QED) is 0.354. The number of pyridine rings is 1. The fourth-order valence-corrected chi connectivity index (χ4v) is 4.52. The number of aliphatic hydroxyl groups excluding tert-OH is 1. The van der Waals surface area contributed by atoms with Crippen LogP contribution in [-0.2, 0) is 29.0 Å². The Morgan fingerprint density at radius 2 is 1.74 bits per heavy atom. The zero-order chi connectivity index (χ0) is 26.7. The van der Waals surface area contributed by atoms with E-state index in [0.717, 1.165) is 53.9 Å². The highest BCUT2D eigenvalue weighted by atomic mass is 16.7. The van der Waals surface area contributed by atoms with Gasteiger partial charge in [0.1, 0.15) is 0 Å². The molecule has 0 saturated carbocycles. The van der Waals surface area contributed by atoms with Crippen LogP contribution in [0.5, 0.6) is 0 Å². The monoisotopic (exact) mass is 518 g/mol. The number of nitrogens with one attached hydrogen (secondary N) is 2. The van der Waals surface area contributed by atoms with E-state index in [1.165, 1.54) is 0 Å². The predicted octanol–water partition coefficient (Wildman–Crippen LogP) is 4.11. The van der Waals surface area contributed by atoms with Crippen molar-refractivity contribution >= 4 is 6.03 Å². The molecule has 1 aromatic heterocycles. The molecule has 1 aliphatic rings. The Morgan fingerprint density at radius 1 is 1.00 bits per heavy atom. The first-order valence-electron chi connectivity index (χ1n) is 13.2. The van der Waals surface area contributed by atoms with Crippen molar-refractivity contribution in [3.63, 3.8) is 0 Å². The summed E-state index contributed by atoms with van der Waals surface area (Å²) in [5, 5.41) is 15.0. The van der Waals surface area contributed by atoms with E-state index in [2.05, 4.69) is 33.6 Å². The smallest absolute Gasteiger partial charge is 0.315 e. The fourth-order valence-electron chi connectivity index (χ4n) is 4.52. The van der Waals surface area contributed by atoms with E-state index >= 15 is 0 Å². The van der Waals surface area contributed by atoms with Crippen molar-refractivity contribution in [1.82, 2.24) is 20.5 Å². The summed E-state index contributed by atoms with van der Waals surface area (Å²) in [7, 11) is 2.11. The Morgan fingerprint density at radius 3 is 2.42 bits per heavy atom. The molecule has 0 spiro atoms. The Balaban J connectivity index is 1.43. The standard InChI is InChI=1S/C30H38N4O4/c1-3-31-30(36)33-19-22-7-13-25(14-8-22)29-37-27(20-34(2)17-15-26-6-4-5-16-32-26)18-28(38-29)24-11-9-23(21-35)10-12-24/h4-14,16,27-29,35H,3,15,17-21H2,1-2H3,(H2,31,33,36). The van der Waals surface area contributed by atoms with Gasteiger partial charge in [-0.2, -0.15) is 0 Å². The number of rotatable bonds is 11. The number of carbonyl (C=O) groups is 1. The number of nitrogens with zero attached hydrogens (tertiary/aromatic N) is 2. The van der Waals surface area contributed by atoms with E-state index in [1.54, 1.807) is 0 Å². The third-order valence-electron chi connectivity index (χ3n) is 6.65. The van der Waals surface area contributed by atoms with Crippen LogP contribution in [0.2, 0.25) is 0 Å². The summed E-state index contributed by atoms with van der Waals surface area (Å²) in [6.45, 7) is 4.59. The molecule has 38 heavy (non-hydrogen) atoms.